The predicted octanol–water partition coefficient (Wildman–Crippen LogP) is 7.23. The van der Waals surface area contributed by atoms with Gasteiger partial charge in [-0.2, -0.15) is 0 Å². The second-order valence-corrected chi connectivity index (χ2v) is 9.32. The van der Waals surface area contributed by atoms with Crippen molar-refractivity contribution in [2.45, 2.75) is 0 Å². The molecule has 0 saturated carbocycles. The summed E-state index contributed by atoms with van der Waals surface area (Å²) >= 11 is 0. The third kappa shape index (κ3) is 1.81. The molecule has 4 heterocycles. The summed E-state index contributed by atoms with van der Waals surface area (Å²) in [4.78, 5) is 5.07. The number of para-hydroxylation sites is 2. The van der Waals surface area contributed by atoms with Gasteiger partial charge >= 0.3 is 6.98 Å². The fourth-order valence-electron chi connectivity index (χ4n) is 6.53. The lowest BCUT2D eigenvalue weighted by Crippen LogP contribution is -2.61. The van der Waals surface area contributed by atoms with Gasteiger partial charge in [0.2, 0.25) is 0 Å². The molecular formula is C30H17BN2O. The number of anilines is 4. The van der Waals surface area contributed by atoms with E-state index in [4.69, 9.17) is 4.42 Å². The lowest BCUT2D eigenvalue weighted by atomic mass is 9.53. The normalized spacial score (nSPS) is 14.3. The Morgan fingerprint density at radius 3 is 1.44 bits per heavy atom. The van der Waals surface area contributed by atoms with Crippen molar-refractivity contribution in [1.29, 1.82) is 0 Å². The lowest BCUT2D eigenvalue weighted by Gasteiger charge is -2.46. The van der Waals surface area contributed by atoms with Crippen LogP contribution in [0.25, 0.3) is 44.2 Å². The van der Waals surface area contributed by atoms with Gasteiger partial charge in [-0.1, -0.05) is 66.7 Å². The molecule has 156 valence electrons. The number of benzene rings is 5. The van der Waals surface area contributed by atoms with E-state index < -0.39 is 0 Å². The molecule has 0 unspecified atom stereocenters. The Morgan fingerprint density at radius 1 is 0.441 bits per heavy atom. The summed E-state index contributed by atoms with van der Waals surface area (Å²) in [5.74, 6) is 0. The maximum atomic E-state index is 6.39. The van der Waals surface area contributed by atoms with Gasteiger partial charge in [0.15, 0.2) is 0 Å². The van der Waals surface area contributed by atoms with Crippen molar-refractivity contribution in [3.05, 3.63) is 103 Å². The molecule has 3 aliphatic heterocycles. The van der Waals surface area contributed by atoms with Crippen molar-refractivity contribution < 1.29 is 4.42 Å². The Bertz CT molecular complexity index is 1720. The van der Waals surface area contributed by atoms with Gasteiger partial charge in [-0.05, 0) is 53.0 Å². The fraction of sp³-hybridized carbons (Fsp3) is 0. The molecule has 0 atom stereocenters. The van der Waals surface area contributed by atoms with Gasteiger partial charge in [0.05, 0.1) is 10.8 Å². The molecule has 0 amide bonds. The van der Waals surface area contributed by atoms with Gasteiger partial charge in [-0.15, -0.1) is 0 Å². The molecule has 1 aromatic heterocycles. The van der Waals surface area contributed by atoms with Crippen molar-refractivity contribution in [3.63, 3.8) is 0 Å². The minimum absolute atomic E-state index is 0.0135. The maximum absolute atomic E-state index is 6.39. The highest BCUT2D eigenvalue weighted by Crippen LogP contribution is 2.54. The molecule has 9 rings (SSSR count). The van der Waals surface area contributed by atoms with Gasteiger partial charge in [0.1, 0.15) is 11.2 Å². The van der Waals surface area contributed by atoms with Gasteiger partial charge < -0.3 is 14.0 Å². The number of hydrogen-bond acceptors (Lipinski definition) is 3. The summed E-state index contributed by atoms with van der Waals surface area (Å²) in [5, 5.41) is 2.38. The van der Waals surface area contributed by atoms with Crippen LogP contribution >= 0.6 is 0 Å². The van der Waals surface area contributed by atoms with Crippen LogP contribution in [0.15, 0.2) is 108 Å². The smallest absolute Gasteiger partial charge is 0.421 e. The van der Waals surface area contributed by atoms with Crippen molar-refractivity contribution in [3.8, 4) is 22.3 Å². The van der Waals surface area contributed by atoms with Crippen molar-refractivity contribution in [2.75, 3.05) is 9.62 Å². The van der Waals surface area contributed by atoms with Crippen LogP contribution in [0.4, 0.5) is 22.7 Å². The molecular weight excluding hydrogens is 415 g/mol. The minimum atomic E-state index is 0.0135. The number of rotatable bonds is 0. The molecule has 5 aromatic carbocycles. The molecule has 34 heavy (non-hydrogen) atoms. The molecule has 6 aromatic rings. The van der Waals surface area contributed by atoms with Crippen molar-refractivity contribution in [1.82, 2.24) is 0 Å². The van der Waals surface area contributed by atoms with Gasteiger partial charge in [0.25, 0.3) is 0 Å². The quantitative estimate of drug-likeness (QED) is 0.236. The third-order valence-corrected chi connectivity index (χ3v) is 7.76. The molecule has 0 saturated heterocycles. The van der Waals surface area contributed by atoms with Crippen LogP contribution in [0.1, 0.15) is 0 Å². The number of furan rings is 1. The van der Waals surface area contributed by atoms with E-state index in [2.05, 4.69) is 113 Å². The van der Waals surface area contributed by atoms with Crippen LogP contribution in [0.2, 0.25) is 0 Å². The maximum Gasteiger partial charge on any atom is 0.421 e. The first-order valence-corrected chi connectivity index (χ1v) is 11.7. The molecule has 0 N–H and O–H groups in total. The zero-order valence-electron chi connectivity index (χ0n) is 18.2. The molecule has 3 nitrogen and oxygen atoms in total. The van der Waals surface area contributed by atoms with Gasteiger partial charge in [0, 0.05) is 33.9 Å². The average molecular weight is 432 g/mol. The van der Waals surface area contributed by atoms with Gasteiger partial charge in [-0.3, -0.25) is 0 Å². The zero-order valence-corrected chi connectivity index (χ0v) is 18.2. The summed E-state index contributed by atoms with van der Waals surface area (Å²) in [6.07, 6.45) is 0. The Balaban J connectivity index is 1.57. The van der Waals surface area contributed by atoms with E-state index in [1.54, 1.807) is 0 Å². The van der Waals surface area contributed by atoms with Crippen LogP contribution in [0.3, 0.4) is 0 Å². The van der Waals surface area contributed by atoms with E-state index in [1.165, 1.54) is 61.2 Å². The van der Waals surface area contributed by atoms with Gasteiger partial charge in [-0.25, -0.2) is 0 Å². The molecule has 0 bridgehead atoms. The summed E-state index contributed by atoms with van der Waals surface area (Å²) < 4.78 is 6.39. The first kappa shape index (κ1) is 17.1. The monoisotopic (exact) mass is 432 g/mol. The lowest BCUT2D eigenvalue weighted by molar-refractivity contribution is 0.669. The van der Waals surface area contributed by atoms with Crippen LogP contribution in [0.5, 0.6) is 0 Å². The highest BCUT2D eigenvalue weighted by molar-refractivity contribution is 6.87. The zero-order chi connectivity index (χ0) is 22.0. The fourth-order valence-corrected chi connectivity index (χ4v) is 6.53. The standard InChI is InChI=1S/C30H17BN2O/c1-3-12-22-18(8-1)20-10-5-11-21-19-9-2-4-13-23(19)33-25-15-7-17-27-29(25)28-24(14-6-16-26(28)34-27)32(22)31(33)30(20)21/h1-17H. The molecule has 3 aliphatic rings. The summed E-state index contributed by atoms with van der Waals surface area (Å²) in [6, 6.07) is 37.4. The summed E-state index contributed by atoms with van der Waals surface area (Å²) in [7, 11) is 0. The average Bonchev–Trinajstić information content (AvgIpc) is 3.22. The Morgan fingerprint density at radius 2 is 0.882 bits per heavy atom. The molecule has 4 heteroatoms. The van der Waals surface area contributed by atoms with Crippen LogP contribution < -0.4 is 15.1 Å². The highest BCUT2D eigenvalue weighted by Gasteiger charge is 2.48. The molecule has 0 aliphatic carbocycles. The SMILES string of the molecule is c1ccc2c(c1)-c1cccc3c1B1N2c2cccc4oc5cccc(c5c24)N1c1ccccc1-3. The second-order valence-electron chi connectivity index (χ2n) is 9.32. The summed E-state index contributed by atoms with van der Waals surface area (Å²) in [6.45, 7) is 0.0135. The number of hydrogen-bond donors (Lipinski definition) is 0. The van der Waals surface area contributed by atoms with Crippen LogP contribution in [-0.4, -0.2) is 6.98 Å². The topological polar surface area (TPSA) is 19.6 Å². The Kier molecular flexibility index (Phi) is 2.88. The second kappa shape index (κ2) is 5.73. The van der Waals surface area contributed by atoms with Crippen LogP contribution in [0, 0.1) is 0 Å². The van der Waals surface area contributed by atoms with Crippen molar-refractivity contribution in [2.24, 2.45) is 0 Å². The highest BCUT2D eigenvalue weighted by atomic mass is 16.3. The Labute approximate surface area is 196 Å². The first-order valence-electron chi connectivity index (χ1n) is 11.7. The van der Waals surface area contributed by atoms with E-state index in [-0.39, 0.29) is 6.98 Å². The van der Waals surface area contributed by atoms with Crippen LogP contribution in [-0.2, 0) is 0 Å². The van der Waals surface area contributed by atoms with E-state index in [1.807, 2.05) is 0 Å². The summed E-state index contributed by atoms with van der Waals surface area (Å²) in [5.41, 5.74) is 13.3. The third-order valence-electron chi connectivity index (χ3n) is 7.76. The molecule has 0 radical (unpaired) electrons. The molecule has 0 spiro atoms. The number of nitrogens with zero attached hydrogens (tertiary/aromatic N) is 2. The first-order chi connectivity index (χ1) is 16.9. The minimum Gasteiger partial charge on any atom is -0.456 e. The predicted molar refractivity (Wildman–Crippen MR) is 141 cm³/mol. The van der Waals surface area contributed by atoms with E-state index in [0.717, 1.165) is 11.2 Å². The van der Waals surface area contributed by atoms with E-state index in [0.29, 0.717) is 0 Å². The Hall–Kier alpha value is -4.44. The van der Waals surface area contributed by atoms with E-state index in [9.17, 15) is 0 Å². The largest absolute Gasteiger partial charge is 0.456 e. The van der Waals surface area contributed by atoms with Crippen molar-refractivity contribution >= 4 is 57.1 Å². The molecule has 0 fully saturated rings. The number of fused-ring (bicyclic) bond motifs is 8. The van der Waals surface area contributed by atoms with E-state index >= 15 is 0 Å².